The van der Waals surface area contributed by atoms with Gasteiger partial charge in [0, 0.05) is 28.6 Å². The van der Waals surface area contributed by atoms with Crippen LogP contribution in [0.1, 0.15) is 27.3 Å². The number of carbonyl (C=O) groups excluding carboxylic acids is 1. The third-order valence-corrected chi connectivity index (χ3v) is 3.10. The highest BCUT2D eigenvalue weighted by Gasteiger charge is 2.11. The lowest BCUT2D eigenvalue weighted by Gasteiger charge is -2.11. The fraction of sp³-hybridized carbons (Fsp3) is 0.133. The Hall–Kier alpha value is -2.89. The van der Waals surface area contributed by atoms with E-state index < -0.39 is 4.92 Å². The Labute approximate surface area is 121 Å². The van der Waals surface area contributed by atoms with E-state index in [4.69, 9.17) is 0 Å². The minimum absolute atomic E-state index is 0.234. The molecule has 1 heterocycles. The molecule has 2 rings (SSSR count). The zero-order valence-electron chi connectivity index (χ0n) is 11.7. The van der Waals surface area contributed by atoms with Crippen LogP contribution in [-0.2, 0) is 0 Å². The van der Waals surface area contributed by atoms with Crippen molar-refractivity contribution in [3.63, 3.8) is 0 Å². The van der Waals surface area contributed by atoms with E-state index in [-0.39, 0.29) is 5.91 Å². The predicted molar refractivity (Wildman–Crippen MR) is 80.1 cm³/mol. The molecule has 1 amide bonds. The summed E-state index contributed by atoms with van der Waals surface area (Å²) in [4.78, 5) is 22.0. The Balaban J connectivity index is 2.25. The lowest BCUT2D eigenvalue weighted by atomic mass is 10.2. The molecule has 6 nitrogen and oxygen atoms in total. The van der Waals surface area contributed by atoms with Gasteiger partial charge in [0.15, 0.2) is 0 Å². The number of aromatic nitrogens is 1. The van der Waals surface area contributed by atoms with Crippen LogP contribution in [0.15, 0.2) is 42.6 Å². The first-order valence-corrected chi connectivity index (χ1v) is 6.36. The second-order valence-electron chi connectivity index (χ2n) is 4.57. The van der Waals surface area contributed by atoms with Gasteiger partial charge in [-0.15, -0.1) is 0 Å². The molecule has 0 spiro atoms. The van der Waals surface area contributed by atoms with Crippen LogP contribution in [0.3, 0.4) is 0 Å². The molecule has 0 fully saturated rings. The van der Waals surface area contributed by atoms with Gasteiger partial charge in [-0.2, -0.15) is 0 Å². The summed E-state index contributed by atoms with van der Waals surface area (Å²) in [5.41, 5.74) is 5.54. The average molecular weight is 285 g/mol. The van der Waals surface area contributed by atoms with E-state index in [1.165, 1.54) is 6.08 Å². The molecule has 0 atom stereocenters. The first kappa shape index (κ1) is 14.5. The molecule has 0 bridgehead atoms. The summed E-state index contributed by atoms with van der Waals surface area (Å²) in [6.07, 6.45) is 2.29. The van der Waals surface area contributed by atoms with Gasteiger partial charge < -0.3 is 0 Å². The molecular weight excluding hydrogens is 270 g/mol. The summed E-state index contributed by atoms with van der Waals surface area (Å²) in [5.74, 6) is -0.234. The molecule has 1 N–H and O–H groups in total. The maximum Gasteiger partial charge on any atom is 0.270 e. The Morgan fingerprint density at radius 3 is 2.57 bits per heavy atom. The van der Waals surface area contributed by atoms with Crippen molar-refractivity contribution in [1.29, 1.82) is 0 Å². The molecule has 1 aromatic heterocycles. The van der Waals surface area contributed by atoms with Crippen LogP contribution in [0.5, 0.6) is 0 Å². The van der Waals surface area contributed by atoms with E-state index in [0.29, 0.717) is 11.1 Å². The van der Waals surface area contributed by atoms with Crippen molar-refractivity contribution in [2.24, 2.45) is 0 Å². The van der Waals surface area contributed by atoms with Gasteiger partial charge in [-0.05, 0) is 32.0 Å². The van der Waals surface area contributed by atoms with Crippen molar-refractivity contribution < 1.29 is 9.72 Å². The molecule has 6 heteroatoms. The Kier molecular flexibility index (Phi) is 4.18. The minimum Gasteiger partial charge on any atom is -0.267 e. The summed E-state index contributed by atoms with van der Waals surface area (Å²) >= 11 is 0. The molecule has 21 heavy (non-hydrogen) atoms. The smallest absolute Gasteiger partial charge is 0.267 e. The van der Waals surface area contributed by atoms with Crippen molar-refractivity contribution >= 4 is 12.0 Å². The largest absolute Gasteiger partial charge is 0.270 e. The van der Waals surface area contributed by atoms with Gasteiger partial charge in [-0.1, -0.05) is 18.2 Å². The van der Waals surface area contributed by atoms with Crippen molar-refractivity contribution in [3.05, 3.63) is 75.2 Å². The van der Waals surface area contributed by atoms with Gasteiger partial charge in [0.2, 0.25) is 6.20 Å². The van der Waals surface area contributed by atoms with E-state index in [2.05, 4.69) is 5.43 Å². The van der Waals surface area contributed by atoms with Crippen molar-refractivity contribution in [2.75, 3.05) is 5.43 Å². The van der Waals surface area contributed by atoms with Crippen LogP contribution in [0, 0.1) is 24.0 Å². The van der Waals surface area contributed by atoms with Gasteiger partial charge in [-0.25, -0.2) is 0 Å². The summed E-state index contributed by atoms with van der Waals surface area (Å²) in [7, 11) is 0. The summed E-state index contributed by atoms with van der Waals surface area (Å²) in [6.45, 7) is 3.61. The van der Waals surface area contributed by atoms with Gasteiger partial charge in [0.1, 0.15) is 0 Å². The van der Waals surface area contributed by atoms with Crippen LogP contribution in [0.25, 0.3) is 6.08 Å². The highest BCUT2D eigenvalue weighted by molar-refractivity contribution is 6.00. The monoisotopic (exact) mass is 285 g/mol. The second kappa shape index (κ2) is 6.04. The van der Waals surface area contributed by atoms with Crippen LogP contribution in [0.4, 0.5) is 0 Å². The fourth-order valence-electron chi connectivity index (χ4n) is 2.03. The number of rotatable bonds is 4. The molecule has 0 unspecified atom stereocenters. The van der Waals surface area contributed by atoms with Gasteiger partial charge in [0.05, 0.1) is 4.92 Å². The third kappa shape index (κ3) is 3.36. The zero-order chi connectivity index (χ0) is 15.4. The average Bonchev–Trinajstić information content (AvgIpc) is 2.73. The molecule has 0 aliphatic carbocycles. The summed E-state index contributed by atoms with van der Waals surface area (Å²) in [5, 5.41) is 10.4. The van der Waals surface area contributed by atoms with E-state index in [0.717, 1.165) is 17.6 Å². The van der Waals surface area contributed by atoms with E-state index >= 15 is 0 Å². The number of nitrogens with zero attached hydrogens (tertiary/aromatic N) is 2. The number of nitrogens with one attached hydrogen (secondary N) is 1. The van der Waals surface area contributed by atoms with Crippen molar-refractivity contribution in [3.8, 4) is 0 Å². The van der Waals surface area contributed by atoms with Crippen LogP contribution in [0.2, 0.25) is 0 Å². The van der Waals surface area contributed by atoms with E-state index in [9.17, 15) is 14.9 Å². The van der Waals surface area contributed by atoms with Gasteiger partial charge in [0.25, 0.3) is 5.91 Å². The summed E-state index contributed by atoms with van der Waals surface area (Å²) < 4.78 is 1.62. The fourth-order valence-corrected chi connectivity index (χ4v) is 2.03. The molecule has 2 aromatic rings. The lowest BCUT2D eigenvalue weighted by Crippen LogP contribution is -2.24. The standard InChI is InChI=1S/C15H15N3O3/c1-11-10-14(8-9-17(20)21)12(2)18(11)16-15(19)13-6-4-3-5-7-13/h3-10H,1-2H3,(H,16,19)/b9-8-. The molecule has 1 aromatic carbocycles. The van der Waals surface area contributed by atoms with Crippen LogP contribution in [-0.4, -0.2) is 15.5 Å². The molecule has 0 saturated carbocycles. The number of aryl methyl sites for hydroxylation is 1. The second-order valence-corrected chi connectivity index (χ2v) is 4.57. The number of benzene rings is 1. The van der Waals surface area contributed by atoms with Crippen molar-refractivity contribution in [1.82, 2.24) is 4.68 Å². The maximum absolute atomic E-state index is 12.1. The van der Waals surface area contributed by atoms with Gasteiger partial charge in [-0.3, -0.25) is 25.0 Å². The van der Waals surface area contributed by atoms with Crippen molar-refractivity contribution in [2.45, 2.75) is 13.8 Å². The lowest BCUT2D eigenvalue weighted by molar-refractivity contribution is -0.400. The normalized spacial score (nSPS) is 10.8. The number of amides is 1. The molecule has 0 aliphatic heterocycles. The highest BCUT2D eigenvalue weighted by atomic mass is 16.6. The molecular formula is C15H15N3O3. The maximum atomic E-state index is 12.1. The Morgan fingerprint density at radius 1 is 1.29 bits per heavy atom. The summed E-state index contributed by atoms with van der Waals surface area (Å²) in [6, 6.07) is 10.6. The Bertz CT molecular complexity index is 702. The topological polar surface area (TPSA) is 77.2 Å². The SMILES string of the molecule is Cc1cc(/C=C\[N+](=O)[O-])c(C)n1NC(=O)c1ccccc1. The number of carbonyl (C=O) groups is 1. The first-order valence-electron chi connectivity index (χ1n) is 6.36. The highest BCUT2D eigenvalue weighted by Crippen LogP contribution is 2.15. The number of nitro groups is 1. The zero-order valence-corrected chi connectivity index (χ0v) is 11.7. The quantitative estimate of drug-likeness (QED) is 0.693. The molecule has 108 valence electrons. The predicted octanol–water partition coefficient (Wildman–Crippen LogP) is 2.74. The van der Waals surface area contributed by atoms with Crippen LogP contribution >= 0.6 is 0 Å². The van der Waals surface area contributed by atoms with E-state index in [1.54, 1.807) is 41.9 Å². The first-order chi connectivity index (χ1) is 9.99. The van der Waals surface area contributed by atoms with Gasteiger partial charge >= 0.3 is 0 Å². The number of hydrogen-bond acceptors (Lipinski definition) is 3. The number of hydrogen-bond donors (Lipinski definition) is 1. The molecule has 0 radical (unpaired) electrons. The molecule has 0 aliphatic rings. The minimum atomic E-state index is -0.519. The Morgan fingerprint density at radius 2 is 1.95 bits per heavy atom. The molecule has 0 saturated heterocycles. The third-order valence-electron chi connectivity index (χ3n) is 3.10. The van der Waals surface area contributed by atoms with E-state index in [1.807, 2.05) is 13.0 Å². The van der Waals surface area contributed by atoms with Crippen LogP contribution < -0.4 is 5.43 Å².